The molecule has 0 aliphatic carbocycles. The first-order chi connectivity index (χ1) is 22.0. The average molecular weight is 644 g/mol. The lowest BCUT2D eigenvalue weighted by Crippen LogP contribution is -2.60. The lowest BCUT2D eigenvalue weighted by Gasteiger charge is -2.46. The van der Waals surface area contributed by atoms with Crippen LogP contribution in [0.15, 0.2) is 60.2 Å². The Morgan fingerprint density at radius 3 is 2.52 bits per heavy atom. The summed E-state index contributed by atoms with van der Waals surface area (Å²) in [4.78, 5) is 40.8. The van der Waals surface area contributed by atoms with Crippen LogP contribution in [0.3, 0.4) is 0 Å². The van der Waals surface area contributed by atoms with Crippen LogP contribution in [0, 0.1) is 0 Å². The van der Waals surface area contributed by atoms with Crippen molar-refractivity contribution in [3.8, 4) is 5.88 Å². The van der Waals surface area contributed by atoms with Gasteiger partial charge in [0.15, 0.2) is 11.4 Å². The fourth-order valence-corrected chi connectivity index (χ4v) is 6.11. The minimum atomic E-state index is -4.84. The lowest BCUT2D eigenvalue weighted by molar-refractivity contribution is -0.141. The van der Waals surface area contributed by atoms with Gasteiger partial charge in [-0.1, -0.05) is 13.0 Å². The minimum absolute atomic E-state index is 0.0131. The molecule has 2 aromatic heterocycles. The number of likely N-dealkylation sites (N-methyl/N-ethyl adjacent to an activating group) is 1. The van der Waals surface area contributed by atoms with Crippen molar-refractivity contribution in [2.75, 3.05) is 53.0 Å². The van der Waals surface area contributed by atoms with Crippen LogP contribution in [0.25, 0.3) is 0 Å². The Hall–Kier alpha value is -4.17. The fraction of sp³-hybridized carbons (Fsp3) is 0.500. The summed E-state index contributed by atoms with van der Waals surface area (Å²) in [5.74, 6) is -1.25. The summed E-state index contributed by atoms with van der Waals surface area (Å²) in [6.07, 6.45) is 2.76. The molecule has 1 unspecified atom stereocenters. The Morgan fingerprint density at radius 2 is 1.89 bits per heavy atom. The maximum atomic E-state index is 14.0. The molecule has 11 nitrogen and oxygen atoms in total. The number of ether oxygens (including phenoxy) is 2. The number of hydrogen-bond donors (Lipinski definition) is 2. The number of nitrogens with one attached hydrogen (secondary N) is 2. The Kier molecular flexibility index (Phi) is 9.87. The number of amides is 2. The lowest BCUT2D eigenvalue weighted by atomic mass is 9.97. The predicted molar refractivity (Wildman–Crippen MR) is 163 cm³/mol. The summed E-state index contributed by atoms with van der Waals surface area (Å²) in [6.45, 7) is 7.96. The number of likely N-dealkylation sites (tertiary alicyclic amines) is 1. The van der Waals surface area contributed by atoms with E-state index in [1.54, 1.807) is 25.4 Å². The average Bonchev–Trinajstić information content (AvgIpc) is 3.03. The Labute approximate surface area is 266 Å². The van der Waals surface area contributed by atoms with Gasteiger partial charge in [0.2, 0.25) is 5.88 Å². The molecule has 3 aliphatic heterocycles. The van der Waals surface area contributed by atoms with E-state index in [4.69, 9.17) is 9.47 Å². The molecule has 0 radical (unpaired) electrons. The molecule has 0 aromatic carbocycles. The molecule has 2 N–H and O–H groups in total. The van der Waals surface area contributed by atoms with Gasteiger partial charge in [0.05, 0.1) is 23.9 Å². The van der Waals surface area contributed by atoms with Gasteiger partial charge in [-0.15, -0.1) is 0 Å². The Bertz CT molecular complexity index is 1480. The number of piperazine rings is 1. The van der Waals surface area contributed by atoms with Crippen LogP contribution in [0.2, 0.25) is 0 Å². The van der Waals surface area contributed by atoms with Crippen molar-refractivity contribution in [2.45, 2.75) is 51.2 Å². The van der Waals surface area contributed by atoms with E-state index in [9.17, 15) is 22.8 Å². The quantitative estimate of drug-likeness (QED) is 0.404. The summed E-state index contributed by atoms with van der Waals surface area (Å²) in [6, 6.07) is 5.76. The molecule has 2 fully saturated rings. The zero-order valence-corrected chi connectivity index (χ0v) is 26.4. The summed E-state index contributed by atoms with van der Waals surface area (Å²) < 4.78 is 53.3. The first kappa shape index (κ1) is 33.2. The van der Waals surface area contributed by atoms with E-state index >= 15 is 0 Å². The van der Waals surface area contributed by atoms with Crippen molar-refractivity contribution in [1.29, 1.82) is 0 Å². The van der Waals surface area contributed by atoms with Gasteiger partial charge in [-0.25, -0.2) is 4.98 Å². The molecule has 3 aliphatic rings. The highest BCUT2D eigenvalue weighted by Gasteiger charge is 2.42. The van der Waals surface area contributed by atoms with E-state index in [0.29, 0.717) is 30.0 Å². The third kappa shape index (κ3) is 6.82. The number of carbonyl (C=O) groups excluding carboxylic acids is 2. The molecular weight excluding hydrogens is 603 g/mol. The van der Waals surface area contributed by atoms with E-state index in [1.165, 1.54) is 11.0 Å². The third-order valence-electron chi connectivity index (χ3n) is 8.34. The van der Waals surface area contributed by atoms with E-state index in [2.05, 4.69) is 25.5 Å². The van der Waals surface area contributed by atoms with Crippen LogP contribution in [-0.2, 0) is 21.4 Å². The number of pyridine rings is 2. The van der Waals surface area contributed by atoms with Crippen LogP contribution >= 0.6 is 0 Å². The van der Waals surface area contributed by atoms with Gasteiger partial charge in [0, 0.05) is 69.4 Å². The summed E-state index contributed by atoms with van der Waals surface area (Å²) in [7, 11) is 1.98. The van der Waals surface area contributed by atoms with Crippen LogP contribution in [0.1, 0.15) is 48.8 Å². The summed E-state index contributed by atoms with van der Waals surface area (Å²) >= 11 is 0. The van der Waals surface area contributed by atoms with E-state index in [-0.39, 0.29) is 50.1 Å². The molecule has 0 bridgehead atoms. The topological polar surface area (TPSA) is 112 Å². The molecular formula is C32H40F3N7O4. The molecule has 5 heterocycles. The number of carbonyl (C=O) groups is 2. The minimum Gasteiger partial charge on any atom is -0.478 e. The third-order valence-corrected chi connectivity index (χ3v) is 8.34. The van der Waals surface area contributed by atoms with Gasteiger partial charge in [-0.05, 0) is 51.6 Å². The maximum Gasteiger partial charge on any atom is 0.434 e. The highest BCUT2D eigenvalue weighted by atomic mass is 19.4. The molecule has 2 aromatic rings. The number of aromatic nitrogens is 2. The number of dihydropyridines is 1. The second-order valence-corrected chi connectivity index (χ2v) is 11.5. The van der Waals surface area contributed by atoms with Gasteiger partial charge in [-0.2, -0.15) is 13.2 Å². The number of allylic oxidation sites excluding steroid dienone is 1. The Balaban J connectivity index is 1.44. The van der Waals surface area contributed by atoms with Gasteiger partial charge in [0.1, 0.15) is 5.70 Å². The molecule has 248 valence electrons. The monoisotopic (exact) mass is 643 g/mol. The highest BCUT2D eigenvalue weighted by Crippen LogP contribution is 2.35. The van der Waals surface area contributed by atoms with Crippen LogP contribution < -0.4 is 15.4 Å². The molecule has 0 saturated carbocycles. The number of halogens is 3. The van der Waals surface area contributed by atoms with Gasteiger partial charge < -0.3 is 34.8 Å². The van der Waals surface area contributed by atoms with E-state index in [1.807, 2.05) is 44.0 Å². The van der Waals surface area contributed by atoms with Crippen molar-refractivity contribution in [3.63, 3.8) is 0 Å². The first-order valence-electron chi connectivity index (χ1n) is 15.5. The first-order valence-corrected chi connectivity index (χ1v) is 15.5. The van der Waals surface area contributed by atoms with Gasteiger partial charge in [0.25, 0.3) is 11.8 Å². The second kappa shape index (κ2) is 13.7. The van der Waals surface area contributed by atoms with Gasteiger partial charge in [-0.3, -0.25) is 14.6 Å². The molecule has 2 saturated heterocycles. The number of alkyl halides is 3. The largest absolute Gasteiger partial charge is 0.478 e. The van der Waals surface area contributed by atoms with Crippen molar-refractivity contribution >= 4 is 11.8 Å². The zero-order chi connectivity index (χ0) is 33.1. The summed E-state index contributed by atoms with van der Waals surface area (Å²) in [5.41, 5.74) is -1.31. The smallest absolute Gasteiger partial charge is 0.434 e. The normalized spacial score (nSPS) is 22.4. The standard InChI is InChI=1S/C32H40F3N7O4/c1-5-23-20-41(30(44)24-10-11-26(45-6-2)38-28(24)32(33,34)35)15-16-42(23)25-12-13-31(46-7-3,21-9-8-14-36-17-21)39-27(25)29(43)37-22-18-40(4)19-22/h8-14,17,22-23,39H,5-7,15-16,18-20H2,1-4H3,(H,37,43)/t23-,31?/m1/s1. The number of hydrogen-bond acceptors (Lipinski definition) is 9. The molecule has 2 atom stereocenters. The molecule has 46 heavy (non-hydrogen) atoms. The number of nitrogens with zero attached hydrogens (tertiary/aromatic N) is 5. The number of rotatable bonds is 10. The Morgan fingerprint density at radius 1 is 1.11 bits per heavy atom. The predicted octanol–water partition coefficient (Wildman–Crippen LogP) is 3.12. The highest BCUT2D eigenvalue weighted by molar-refractivity contribution is 5.96. The second-order valence-electron chi connectivity index (χ2n) is 11.5. The summed E-state index contributed by atoms with van der Waals surface area (Å²) in [5, 5.41) is 6.49. The molecule has 5 rings (SSSR count). The van der Waals surface area contributed by atoms with Crippen molar-refractivity contribution in [3.05, 3.63) is 77.0 Å². The van der Waals surface area contributed by atoms with Gasteiger partial charge >= 0.3 is 6.18 Å². The van der Waals surface area contributed by atoms with E-state index in [0.717, 1.165) is 19.2 Å². The SMILES string of the molecule is CCOc1ccc(C(=O)N2CCN(C3=C(C(=O)NC4CN(C)C4)NC(OCC)(c4cccnc4)C=C3)[C@H](CC)C2)c(C(F)(F)F)n1. The molecule has 14 heteroatoms. The zero-order valence-electron chi connectivity index (χ0n) is 26.4. The molecule has 0 spiro atoms. The van der Waals surface area contributed by atoms with Crippen LogP contribution in [-0.4, -0.2) is 102 Å². The van der Waals surface area contributed by atoms with Crippen LogP contribution in [0.5, 0.6) is 5.88 Å². The maximum absolute atomic E-state index is 14.0. The van der Waals surface area contributed by atoms with Crippen molar-refractivity contribution in [2.24, 2.45) is 0 Å². The van der Waals surface area contributed by atoms with Crippen molar-refractivity contribution < 1.29 is 32.2 Å². The van der Waals surface area contributed by atoms with Crippen LogP contribution in [0.4, 0.5) is 13.2 Å². The fourth-order valence-electron chi connectivity index (χ4n) is 6.11. The van der Waals surface area contributed by atoms with E-state index < -0.39 is 29.1 Å². The molecule has 2 amide bonds. The van der Waals surface area contributed by atoms with Crippen molar-refractivity contribution in [1.82, 2.24) is 35.3 Å².